The van der Waals surface area contributed by atoms with Gasteiger partial charge in [0.15, 0.2) is 0 Å². The molecule has 3 atom stereocenters. The zero-order valence-corrected chi connectivity index (χ0v) is 23.5. The number of piperazine rings is 1. The molecule has 2 aromatic rings. The number of sulfonamides is 1. The van der Waals surface area contributed by atoms with Crippen molar-refractivity contribution in [3.8, 4) is 0 Å². The second-order valence-corrected chi connectivity index (χ2v) is 13.6. The molecule has 3 N–H and O–H groups in total. The molecule has 1 saturated carbocycles. The van der Waals surface area contributed by atoms with Gasteiger partial charge >= 0.3 is 0 Å². The summed E-state index contributed by atoms with van der Waals surface area (Å²) in [4.78, 5) is 17.4. The molecule has 1 aliphatic carbocycles. The van der Waals surface area contributed by atoms with Crippen LogP contribution in [-0.2, 0) is 26.7 Å². The number of halogens is 1. The zero-order valence-electron chi connectivity index (χ0n) is 22.7. The number of benzene rings is 1. The summed E-state index contributed by atoms with van der Waals surface area (Å²) in [6.45, 7) is 5.38. The number of carbonyl (C=O) groups excluding carboxylic acids is 1. The van der Waals surface area contributed by atoms with E-state index in [4.69, 9.17) is 0 Å². The van der Waals surface area contributed by atoms with E-state index in [9.17, 15) is 13.2 Å². The van der Waals surface area contributed by atoms with Crippen molar-refractivity contribution in [3.63, 3.8) is 0 Å². The Balaban J connectivity index is 1.27. The quantitative estimate of drug-likeness (QED) is 0.415. The lowest BCUT2D eigenvalue weighted by molar-refractivity contribution is -0.117. The molecule has 8 nitrogen and oxygen atoms in total. The zero-order chi connectivity index (χ0) is 27.5. The first-order valence-corrected chi connectivity index (χ1v) is 15.7. The van der Waals surface area contributed by atoms with E-state index in [2.05, 4.69) is 33.1 Å². The molecule has 212 valence electrons. The van der Waals surface area contributed by atoms with Crippen LogP contribution in [0.3, 0.4) is 0 Å². The van der Waals surface area contributed by atoms with Gasteiger partial charge < -0.3 is 16.0 Å². The second kappa shape index (κ2) is 12.0. The molecule has 0 spiro atoms. The Bertz CT molecular complexity index is 1250. The van der Waals surface area contributed by atoms with Crippen molar-refractivity contribution >= 4 is 21.6 Å². The molecule has 3 fully saturated rings. The maximum atomic E-state index is 15.0. The summed E-state index contributed by atoms with van der Waals surface area (Å²) < 4.78 is 42.8. The van der Waals surface area contributed by atoms with E-state index < -0.39 is 15.8 Å². The SMILES string of the molecule is C[C@@H](CCc1c(F)cncc1NC(=O)CC1(c2ccccc2)CCCNC1)C1CNCCN1S(=O)(=O)C1CC1. The molecule has 39 heavy (non-hydrogen) atoms. The number of hydrogen-bond donors (Lipinski definition) is 3. The number of nitrogens with zero attached hydrogens (tertiary/aromatic N) is 2. The van der Waals surface area contributed by atoms with Crippen LogP contribution in [0.4, 0.5) is 10.1 Å². The van der Waals surface area contributed by atoms with Gasteiger partial charge in [-0.15, -0.1) is 0 Å². The topological polar surface area (TPSA) is 103 Å². The second-order valence-electron chi connectivity index (χ2n) is 11.4. The number of hydrogen-bond acceptors (Lipinski definition) is 6. The molecule has 0 bridgehead atoms. The summed E-state index contributed by atoms with van der Waals surface area (Å²) >= 11 is 0. The van der Waals surface area contributed by atoms with Crippen LogP contribution in [-0.4, -0.2) is 67.6 Å². The van der Waals surface area contributed by atoms with Crippen molar-refractivity contribution in [1.82, 2.24) is 19.9 Å². The Labute approximate surface area is 231 Å². The first kappa shape index (κ1) is 28.1. The predicted molar refractivity (Wildman–Crippen MR) is 150 cm³/mol. The van der Waals surface area contributed by atoms with Crippen LogP contribution in [0, 0.1) is 11.7 Å². The maximum absolute atomic E-state index is 15.0. The van der Waals surface area contributed by atoms with Crippen LogP contribution < -0.4 is 16.0 Å². The van der Waals surface area contributed by atoms with E-state index in [0.717, 1.165) is 37.8 Å². The maximum Gasteiger partial charge on any atom is 0.225 e. The molecule has 1 amide bonds. The number of pyridine rings is 1. The fourth-order valence-corrected chi connectivity index (χ4v) is 8.33. The van der Waals surface area contributed by atoms with E-state index in [-0.39, 0.29) is 35.0 Å². The standard InChI is InChI=1S/C29H40FN5O3S/c1-21(27-19-31-14-15-35(27)39(37,38)23-9-10-23)8-11-24-25(30)17-33-18-26(24)34-28(36)16-29(12-5-13-32-20-29)22-6-3-2-4-7-22/h2-4,6-7,17-18,21,23,27,31-32H,5,8-16,19-20H2,1H3,(H,34,36)/t21-,27?,29?/m0/s1. The van der Waals surface area contributed by atoms with Crippen LogP contribution in [0.1, 0.15) is 56.6 Å². The normalized spacial score (nSPS) is 25.2. The van der Waals surface area contributed by atoms with Gasteiger partial charge in [0.1, 0.15) is 5.82 Å². The minimum atomic E-state index is -3.29. The Hall–Kier alpha value is -2.40. The lowest BCUT2D eigenvalue weighted by atomic mass is 9.72. The van der Waals surface area contributed by atoms with Gasteiger partial charge in [-0.25, -0.2) is 12.8 Å². The third kappa shape index (κ3) is 6.34. The molecule has 5 rings (SSSR count). The average Bonchev–Trinajstić information content (AvgIpc) is 3.80. The lowest BCUT2D eigenvalue weighted by Crippen LogP contribution is -2.56. The largest absolute Gasteiger partial charge is 0.324 e. The molecular weight excluding hydrogens is 517 g/mol. The minimum absolute atomic E-state index is 0.0112. The van der Waals surface area contributed by atoms with Crippen molar-refractivity contribution in [3.05, 3.63) is 59.7 Å². The molecule has 1 aromatic heterocycles. The number of aromatic nitrogens is 1. The molecule has 1 aromatic carbocycles. The van der Waals surface area contributed by atoms with Crippen LogP contribution in [0.15, 0.2) is 42.7 Å². The minimum Gasteiger partial charge on any atom is -0.324 e. The summed E-state index contributed by atoms with van der Waals surface area (Å²) in [6.07, 6.45) is 7.31. The molecule has 2 saturated heterocycles. The highest BCUT2D eigenvalue weighted by atomic mass is 32.2. The molecule has 2 aliphatic heterocycles. The fraction of sp³-hybridized carbons (Fsp3) is 0.586. The average molecular weight is 558 g/mol. The van der Waals surface area contributed by atoms with E-state index in [1.165, 1.54) is 12.4 Å². The number of carbonyl (C=O) groups is 1. The van der Waals surface area contributed by atoms with Gasteiger partial charge in [-0.05, 0) is 56.6 Å². The van der Waals surface area contributed by atoms with Crippen LogP contribution >= 0.6 is 0 Å². The van der Waals surface area contributed by atoms with Gasteiger partial charge in [0.2, 0.25) is 15.9 Å². The number of rotatable bonds is 10. The highest BCUT2D eigenvalue weighted by molar-refractivity contribution is 7.90. The number of nitrogens with one attached hydrogen (secondary N) is 3. The summed E-state index contributed by atoms with van der Waals surface area (Å²) in [6, 6.07) is 9.95. The summed E-state index contributed by atoms with van der Waals surface area (Å²) in [7, 11) is -3.29. The van der Waals surface area contributed by atoms with E-state index in [0.29, 0.717) is 50.3 Å². The monoisotopic (exact) mass is 557 g/mol. The molecular formula is C29H40FN5O3S. The van der Waals surface area contributed by atoms with Crippen molar-refractivity contribution in [2.45, 2.75) is 68.6 Å². The summed E-state index contributed by atoms with van der Waals surface area (Å²) in [5, 5.41) is 9.49. The number of anilines is 1. The predicted octanol–water partition coefficient (Wildman–Crippen LogP) is 3.21. The van der Waals surface area contributed by atoms with Crippen LogP contribution in [0.5, 0.6) is 0 Å². The smallest absolute Gasteiger partial charge is 0.225 e. The van der Waals surface area contributed by atoms with Gasteiger partial charge in [0, 0.05) is 49.6 Å². The van der Waals surface area contributed by atoms with Crippen LogP contribution in [0.2, 0.25) is 0 Å². The summed E-state index contributed by atoms with van der Waals surface area (Å²) in [5.41, 5.74) is 1.62. The van der Waals surface area contributed by atoms with Crippen LogP contribution in [0.25, 0.3) is 0 Å². The molecule has 10 heteroatoms. The molecule has 2 unspecified atom stereocenters. The van der Waals surface area contributed by atoms with Gasteiger partial charge in [-0.3, -0.25) is 9.78 Å². The molecule has 3 heterocycles. The van der Waals surface area contributed by atoms with E-state index in [1.807, 2.05) is 25.1 Å². The number of piperidine rings is 1. The Morgan fingerprint density at radius 1 is 1.21 bits per heavy atom. The Kier molecular flexibility index (Phi) is 8.66. The highest BCUT2D eigenvalue weighted by Crippen LogP contribution is 2.36. The molecule has 0 radical (unpaired) electrons. The van der Waals surface area contributed by atoms with Gasteiger partial charge in [-0.2, -0.15) is 4.31 Å². The van der Waals surface area contributed by atoms with E-state index >= 15 is 4.39 Å². The summed E-state index contributed by atoms with van der Waals surface area (Å²) in [5.74, 6) is -0.610. The fourth-order valence-electron chi connectivity index (χ4n) is 6.21. The third-order valence-corrected chi connectivity index (χ3v) is 11.1. The van der Waals surface area contributed by atoms with Crippen molar-refractivity contribution in [2.75, 3.05) is 38.0 Å². The lowest BCUT2D eigenvalue weighted by Gasteiger charge is -2.39. The first-order chi connectivity index (χ1) is 18.8. The highest BCUT2D eigenvalue weighted by Gasteiger charge is 2.44. The van der Waals surface area contributed by atoms with Crippen molar-refractivity contribution in [2.24, 2.45) is 5.92 Å². The Morgan fingerprint density at radius 2 is 2.00 bits per heavy atom. The van der Waals surface area contributed by atoms with Gasteiger partial charge in [-0.1, -0.05) is 37.3 Å². The first-order valence-electron chi connectivity index (χ1n) is 14.2. The Morgan fingerprint density at radius 3 is 2.72 bits per heavy atom. The van der Waals surface area contributed by atoms with Gasteiger partial charge in [0.25, 0.3) is 0 Å². The van der Waals surface area contributed by atoms with Gasteiger partial charge in [0.05, 0.1) is 23.3 Å². The third-order valence-electron chi connectivity index (χ3n) is 8.65. The van der Waals surface area contributed by atoms with E-state index in [1.54, 1.807) is 4.31 Å². The number of amides is 1. The van der Waals surface area contributed by atoms with Crippen molar-refractivity contribution < 1.29 is 17.6 Å². The van der Waals surface area contributed by atoms with Crippen molar-refractivity contribution in [1.29, 1.82) is 0 Å². The molecule has 3 aliphatic rings.